The average molecular weight is 283 g/mol. The zero-order valence-corrected chi connectivity index (χ0v) is 11.8. The van der Waals surface area contributed by atoms with Gasteiger partial charge in [0.25, 0.3) is 0 Å². The molecule has 0 amide bonds. The maximum atomic E-state index is 10.8. The van der Waals surface area contributed by atoms with Crippen LogP contribution in [-0.4, -0.2) is 11.1 Å². The van der Waals surface area contributed by atoms with Crippen molar-refractivity contribution < 1.29 is 9.90 Å². The number of aromatic carboxylic acids is 1. The molecular formula is C16H13NO2S. The van der Waals surface area contributed by atoms with E-state index in [4.69, 9.17) is 10.4 Å². The number of nitriles is 1. The molecule has 4 heteroatoms. The minimum Gasteiger partial charge on any atom is -0.478 e. The van der Waals surface area contributed by atoms with Gasteiger partial charge in [0.2, 0.25) is 0 Å². The zero-order chi connectivity index (χ0) is 14.5. The number of carboxylic acid groups (broad SMARTS) is 1. The lowest BCUT2D eigenvalue weighted by molar-refractivity contribution is 0.0697. The molecule has 0 aliphatic heterocycles. The smallest absolute Gasteiger partial charge is 0.335 e. The van der Waals surface area contributed by atoms with Crippen molar-refractivity contribution in [3.8, 4) is 6.07 Å². The molecular weight excluding hydrogens is 270 g/mol. The number of carbonyl (C=O) groups is 1. The Morgan fingerprint density at radius 2 is 1.95 bits per heavy atom. The van der Waals surface area contributed by atoms with Gasteiger partial charge in [-0.05, 0) is 54.4 Å². The summed E-state index contributed by atoms with van der Waals surface area (Å²) in [6.45, 7) is 1.99. The van der Waals surface area contributed by atoms with E-state index in [1.165, 1.54) is 5.56 Å². The highest BCUT2D eigenvalue weighted by molar-refractivity contribution is 7.98. The fourth-order valence-electron chi connectivity index (χ4n) is 1.78. The molecule has 100 valence electrons. The predicted octanol–water partition coefficient (Wildman–Crippen LogP) is 3.86. The van der Waals surface area contributed by atoms with E-state index < -0.39 is 5.97 Å². The van der Waals surface area contributed by atoms with Crippen LogP contribution in [-0.2, 0) is 5.75 Å². The molecule has 0 unspecified atom stereocenters. The molecule has 0 aliphatic rings. The molecule has 0 fully saturated rings. The molecule has 0 bridgehead atoms. The van der Waals surface area contributed by atoms with Crippen LogP contribution in [0.1, 0.15) is 27.0 Å². The summed E-state index contributed by atoms with van der Waals surface area (Å²) in [5.41, 5.74) is 3.24. The van der Waals surface area contributed by atoms with E-state index in [1.54, 1.807) is 23.9 Å². The molecule has 0 aliphatic carbocycles. The first-order valence-corrected chi connectivity index (χ1v) is 7.04. The summed E-state index contributed by atoms with van der Waals surface area (Å²) in [7, 11) is 0. The lowest BCUT2D eigenvalue weighted by Gasteiger charge is -2.06. The maximum absolute atomic E-state index is 10.8. The lowest BCUT2D eigenvalue weighted by atomic mass is 10.1. The Morgan fingerprint density at radius 3 is 2.50 bits per heavy atom. The van der Waals surface area contributed by atoms with Crippen LogP contribution in [0.2, 0.25) is 0 Å². The molecule has 1 N–H and O–H groups in total. The largest absolute Gasteiger partial charge is 0.478 e. The minimum absolute atomic E-state index is 0.295. The molecule has 0 atom stereocenters. The lowest BCUT2D eigenvalue weighted by Crippen LogP contribution is -1.94. The monoisotopic (exact) mass is 283 g/mol. The summed E-state index contributed by atoms with van der Waals surface area (Å²) >= 11 is 1.65. The molecule has 2 aromatic carbocycles. The summed E-state index contributed by atoms with van der Waals surface area (Å²) in [4.78, 5) is 11.8. The van der Waals surface area contributed by atoms with Crippen molar-refractivity contribution in [1.82, 2.24) is 0 Å². The molecule has 0 saturated carbocycles. The number of hydrogen-bond donors (Lipinski definition) is 1. The Labute approximate surface area is 121 Å². The van der Waals surface area contributed by atoms with Crippen LogP contribution >= 0.6 is 11.8 Å². The number of benzene rings is 2. The highest BCUT2D eigenvalue weighted by atomic mass is 32.2. The van der Waals surface area contributed by atoms with Gasteiger partial charge in [-0.15, -0.1) is 11.8 Å². The van der Waals surface area contributed by atoms with Crippen LogP contribution < -0.4 is 0 Å². The molecule has 2 rings (SSSR count). The van der Waals surface area contributed by atoms with Crippen molar-refractivity contribution in [3.63, 3.8) is 0 Å². The van der Waals surface area contributed by atoms with Gasteiger partial charge in [0, 0.05) is 10.6 Å². The molecule has 0 spiro atoms. The highest BCUT2D eigenvalue weighted by Crippen LogP contribution is 2.25. The van der Waals surface area contributed by atoms with E-state index in [0.29, 0.717) is 11.1 Å². The first-order chi connectivity index (χ1) is 9.60. The van der Waals surface area contributed by atoms with E-state index in [-0.39, 0.29) is 0 Å². The zero-order valence-electron chi connectivity index (χ0n) is 11.0. The topological polar surface area (TPSA) is 61.1 Å². The minimum atomic E-state index is -0.913. The first kappa shape index (κ1) is 14.2. The number of nitrogens with zero attached hydrogens (tertiary/aromatic N) is 1. The molecule has 2 aromatic rings. The van der Waals surface area contributed by atoms with Gasteiger partial charge in [-0.25, -0.2) is 4.79 Å². The van der Waals surface area contributed by atoms with Gasteiger partial charge in [0.05, 0.1) is 17.2 Å². The molecule has 0 radical (unpaired) electrons. The van der Waals surface area contributed by atoms with Crippen LogP contribution in [0.15, 0.2) is 47.4 Å². The van der Waals surface area contributed by atoms with Crippen molar-refractivity contribution >= 4 is 17.7 Å². The van der Waals surface area contributed by atoms with E-state index in [0.717, 1.165) is 16.2 Å². The third-order valence-corrected chi connectivity index (χ3v) is 4.03. The third kappa shape index (κ3) is 3.40. The Hall–Kier alpha value is -2.25. The number of thioether (sulfide) groups is 1. The second kappa shape index (κ2) is 6.27. The van der Waals surface area contributed by atoms with Gasteiger partial charge < -0.3 is 5.11 Å². The van der Waals surface area contributed by atoms with E-state index in [9.17, 15) is 4.79 Å². The van der Waals surface area contributed by atoms with Crippen LogP contribution in [0.25, 0.3) is 0 Å². The fraction of sp³-hybridized carbons (Fsp3) is 0.125. The Balaban J connectivity index is 2.05. The van der Waals surface area contributed by atoms with Crippen molar-refractivity contribution in [2.45, 2.75) is 17.6 Å². The molecule has 0 aromatic heterocycles. The Bertz CT molecular complexity index is 672. The molecule has 20 heavy (non-hydrogen) atoms. The predicted molar refractivity (Wildman–Crippen MR) is 78.9 cm³/mol. The summed E-state index contributed by atoms with van der Waals surface area (Å²) in [5.74, 6) is -0.117. The number of aryl methyl sites for hydroxylation is 1. The third-order valence-electron chi connectivity index (χ3n) is 2.97. The van der Waals surface area contributed by atoms with Crippen LogP contribution in [0, 0.1) is 18.3 Å². The van der Waals surface area contributed by atoms with Crippen LogP contribution in [0.4, 0.5) is 0 Å². The summed E-state index contributed by atoms with van der Waals surface area (Å²) in [5, 5.41) is 17.7. The summed E-state index contributed by atoms with van der Waals surface area (Å²) < 4.78 is 0. The Kier molecular flexibility index (Phi) is 4.44. The first-order valence-electron chi connectivity index (χ1n) is 6.06. The quantitative estimate of drug-likeness (QED) is 0.866. The van der Waals surface area contributed by atoms with Gasteiger partial charge in [0.15, 0.2) is 0 Å². The highest BCUT2D eigenvalue weighted by Gasteiger charge is 2.04. The maximum Gasteiger partial charge on any atom is 0.335 e. The number of hydrogen-bond acceptors (Lipinski definition) is 3. The van der Waals surface area contributed by atoms with Crippen molar-refractivity contribution in [3.05, 3.63) is 64.7 Å². The van der Waals surface area contributed by atoms with E-state index in [2.05, 4.69) is 6.07 Å². The average Bonchev–Trinajstić information content (AvgIpc) is 2.46. The van der Waals surface area contributed by atoms with Gasteiger partial charge in [-0.3, -0.25) is 0 Å². The van der Waals surface area contributed by atoms with Gasteiger partial charge >= 0.3 is 5.97 Å². The Morgan fingerprint density at radius 1 is 1.25 bits per heavy atom. The van der Waals surface area contributed by atoms with Gasteiger partial charge in [-0.2, -0.15) is 5.26 Å². The van der Waals surface area contributed by atoms with Crippen molar-refractivity contribution in [2.75, 3.05) is 0 Å². The van der Waals surface area contributed by atoms with E-state index in [1.807, 2.05) is 37.3 Å². The van der Waals surface area contributed by atoms with E-state index >= 15 is 0 Å². The van der Waals surface area contributed by atoms with Gasteiger partial charge in [0.1, 0.15) is 0 Å². The SMILES string of the molecule is Cc1cc(C#N)ccc1CSc1ccc(C(=O)O)cc1. The van der Waals surface area contributed by atoms with Crippen molar-refractivity contribution in [2.24, 2.45) is 0 Å². The normalized spacial score (nSPS) is 10.0. The second-order valence-electron chi connectivity index (χ2n) is 4.37. The molecule has 0 heterocycles. The fourth-order valence-corrected chi connectivity index (χ4v) is 2.76. The van der Waals surface area contributed by atoms with Crippen LogP contribution in [0.3, 0.4) is 0 Å². The van der Waals surface area contributed by atoms with Crippen molar-refractivity contribution in [1.29, 1.82) is 5.26 Å². The number of rotatable bonds is 4. The molecule has 3 nitrogen and oxygen atoms in total. The second-order valence-corrected chi connectivity index (χ2v) is 5.42. The molecule has 0 saturated heterocycles. The van der Waals surface area contributed by atoms with Gasteiger partial charge in [-0.1, -0.05) is 6.07 Å². The summed E-state index contributed by atoms with van der Waals surface area (Å²) in [6.07, 6.45) is 0. The number of carboxylic acids is 1. The summed E-state index contributed by atoms with van der Waals surface area (Å²) in [6, 6.07) is 14.6. The standard InChI is InChI=1S/C16H13NO2S/c1-11-8-12(9-17)2-3-14(11)10-20-15-6-4-13(5-7-15)16(18)19/h2-8H,10H2,1H3,(H,18,19). The van der Waals surface area contributed by atoms with Crippen LogP contribution in [0.5, 0.6) is 0 Å².